The highest BCUT2D eigenvalue weighted by molar-refractivity contribution is 8.02. The Morgan fingerprint density at radius 3 is 2.41 bits per heavy atom. The van der Waals surface area contributed by atoms with Crippen LogP contribution in [0.4, 0.5) is 11.4 Å². The van der Waals surface area contributed by atoms with Crippen LogP contribution in [0.15, 0.2) is 73.8 Å². The first kappa shape index (κ1) is 32.3. The fraction of sp³-hybridized carbons (Fsp3) is 0.457. The molecule has 2 aromatic carbocycles. The zero-order valence-electron chi connectivity index (χ0n) is 25.4. The molecule has 0 radical (unpaired) electrons. The van der Waals surface area contributed by atoms with Crippen molar-refractivity contribution in [3.05, 3.63) is 84.4 Å². The molecule has 44 heavy (non-hydrogen) atoms. The summed E-state index contributed by atoms with van der Waals surface area (Å²) in [5, 5.41) is 9.66. The van der Waals surface area contributed by atoms with Gasteiger partial charge in [-0.15, -0.1) is 24.9 Å². The average molecular weight is 636 g/mol. The predicted octanol–water partition coefficient (Wildman–Crippen LogP) is 6.03. The number of carbonyl (C=O) groups is 3. The molecule has 7 nitrogen and oxygen atoms in total. The maximum Gasteiger partial charge on any atom is 0.251 e. The molecule has 3 saturated heterocycles. The van der Waals surface area contributed by atoms with Gasteiger partial charge in [-0.3, -0.25) is 14.4 Å². The topological polar surface area (TPSA) is 81.2 Å². The van der Waals surface area contributed by atoms with E-state index >= 15 is 0 Å². The molecule has 5 atom stereocenters. The second-order valence-electron chi connectivity index (χ2n) is 11.9. The molecule has 3 aliphatic heterocycles. The van der Waals surface area contributed by atoms with Gasteiger partial charge in [0.1, 0.15) is 6.04 Å². The van der Waals surface area contributed by atoms with Crippen molar-refractivity contribution in [2.45, 2.75) is 61.5 Å². The lowest BCUT2D eigenvalue weighted by Gasteiger charge is -2.38. The highest BCUT2D eigenvalue weighted by Gasteiger charge is 2.74. The number of halogens is 1. The summed E-state index contributed by atoms with van der Waals surface area (Å²) < 4.78 is -0.713. The van der Waals surface area contributed by atoms with Gasteiger partial charge in [-0.2, -0.15) is 0 Å². The first-order chi connectivity index (χ1) is 21.3. The van der Waals surface area contributed by atoms with Crippen LogP contribution in [-0.2, 0) is 14.4 Å². The third-order valence-electron chi connectivity index (χ3n) is 9.31. The molecule has 3 fully saturated rings. The van der Waals surface area contributed by atoms with Crippen molar-refractivity contribution >= 4 is 52.5 Å². The number of fused-ring (bicyclic) bond motifs is 1. The minimum absolute atomic E-state index is 0.0515. The number of aliphatic hydroxyl groups excluding tert-OH is 1. The smallest absolute Gasteiger partial charge is 0.251 e. The summed E-state index contributed by atoms with van der Waals surface area (Å²) in [6.45, 7) is 10.9. The Bertz CT molecular complexity index is 1380. The van der Waals surface area contributed by atoms with Gasteiger partial charge in [-0.05, 0) is 56.4 Å². The molecule has 3 aliphatic rings. The zero-order chi connectivity index (χ0) is 31.4. The van der Waals surface area contributed by atoms with E-state index in [1.54, 1.807) is 44.7 Å². The van der Waals surface area contributed by atoms with E-state index in [1.807, 2.05) is 49.4 Å². The van der Waals surface area contributed by atoms with Gasteiger partial charge < -0.3 is 19.8 Å². The summed E-state index contributed by atoms with van der Waals surface area (Å²) >= 11 is 8.36. The van der Waals surface area contributed by atoms with Crippen molar-refractivity contribution in [2.75, 3.05) is 36.0 Å². The molecular weight excluding hydrogens is 594 g/mol. The quantitative estimate of drug-likeness (QED) is 0.203. The van der Waals surface area contributed by atoms with Crippen LogP contribution in [0.2, 0.25) is 5.02 Å². The summed E-state index contributed by atoms with van der Waals surface area (Å²) in [6.07, 6.45) is 7.95. The summed E-state index contributed by atoms with van der Waals surface area (Å²) in [7, 11) is 0. The number of nitrogens with zero attached hydrogens (tertiary/aromatic N) is 3. The number of para-hydroxylation sites is 2. The molecule has 2 aromatic rings. The Labute approximate surface area is 269 Å². The third-order valence-corrected chi connectivity index (χ3v) is 11.6. The molecule has 234 valence electrons. The molecule has 5 rings (SSSR count). The van der Waals surface area contributed by atoms with Crippen LogP contribution in [0.5, 0.6) is 0 Å². The molecule has 0 aromatic heterocycles. The van der Waals surface area contributed by atoms with Crippen LogP contribution in [0.25, 0.3) is 0 Å². The van der Waals surface area contributed by atoms with Gasteiger partial charge in [0.2, 0.25) is 11.8 Å². The lowest BCUT2D eigenvalue weighted by Crippen LogP contribution is -2.55. The highest BCUT2D eigenvalue weighted by Crippen LogP contribution is 2.67. The number of hydrogen-bond acceptors (Lipinski definition) is 5. The van der Waals surface area contributed by atoms with Crippen molar-refractivity contribution in [1.82, 2.24) is 4.90 Å². The molecule has 9 heteroatoms. The molecule has 1 N–H and O–H groups in total. The van der Waals surface area contributed by atoms with Gasteiger partial charge in [-0.1, -0.05) is 66.9 Å². The first-order valence-electron chi connectivity index (χ1n) is 15.5. The maximum atomic E-state index is 14.9. The summed E-state index contributed by atoms with van der Waals surface area (Å²) in [5.74, 6) is -1.52. The average Bonchev–Trinajstić information content (AvgIpc) is 3.66. The minimum Gasteiger partial charge on any atom is -0.396 e. The van der Waals surface area contributed by atoms with E-state index in [1.165, 1.54) is 0 Å². The molecule has 2 bridgehead atoms. The second kappa shape index (κ2) is 13.9. The summed E-state index contributed by atoms with van der Waals surface area (Å²) in [5.41, 5.74) is 2.26. The second-order valence-corrected chi connectivity index (χ2v) is 13.9. The Balaban J connectivity index is 1.55. The molecule has 3 amide bonds. The number of carbonyl (C=O) groups excluding carboxylic acids is 3. The van der Waals surface area contributed by atoms with Crippen LogP contribution in [0.3, 0.4) is 0 Å². The number of anilines is 2. The fourth-order valence-corrected chi connectivity index (χ4v) is 10.0. The van der Waals surface area contributed by atoms with Crippen molar-refractivity contribution in [3.63, 3.8) is 0 Å². The van der Waals surface area contributed by atoms with Crippen molar-refractivity contribution in [3.8, 4) is 0 Å². The van der Waals surface area contributed by atoms with E-state index in [2.05, 4.69) is 13.2 Å². The van der Waals surface area contributed by atoms with Gasteiger partial charge in [0.15, 0.2) is 0 Å². The molecule has 0 aliphatic carbocycles. The Morgan fingerprint density at radius 1 is 1.02 bits per heavy atom. The van der Waals surface area contributed by atoms with E-state index in [9.17, 15) is 19.5 Å². The lowest BCUT2D eigenvalue weighted by molar-refractivity contribution is -0.139. The van der Waals surface area contributed by atoms with Crippen molar-refractivity contribution in [2.24, 2.45) is 11.8 Å². The lowest BCUT2D eigenvalue weighted by atomic mass is 9.70. The largest absolute Gasteiger partial charge is 0.396 e. The van der Waals surface area contributed by atoms with E-state index < -0.39 is 22.6 Å². The monoisotopic (exact) mass is 635 g/mol. The molecule has 1 spiro atoms. The van der Waals surface area contributed by atoms with Crippen LogP contribution in [0.1, 0.15) is 44.1 Å². The van der Waals surface area contributed by atoms with Crippen LogP contribution in [-0.4, -0.2) is 70.0 Å². The van der Waals surface area contributed by atoms with E-state index in [-0.39, 0.29) is 36.1 Å². The first-order valence-corrected chi connectivity index (χ1v) is 16.8. The molecule has 3 heterocycles. The summed E-state index contributed by atoms with van der Waals surface area (Å²) in [4.78, 5) is 49.0. The number of aliphatic hydroxyl groups is 1. The number of aryl methyl sites for hydroxylation is 1. The number of thioether (sulfide) groups is 1. The molecule has 2 unspecified atom stereocenters. The number of hydrogen-bond donors (Lipinski definition) is 1. The number of likely N-dealkylation sites (tertiary alicyclic amines) is 1. The Kier molecular flexibility index (Phi) is 10.2. The minimum atomic E-state index is -0.731. The third kappa shape index (κ3) is 5.72. The SMILES string of the molecule is C=CCN(C(=O)[C@@H]1[C@H]2C(=O)N(CCCCCCO)C(C(=O)N(CC=C)c3c(C)cccc3Cl)C23CC[C@H]1S3)c1ccccc1. The zero-order valence-corrected chi connectivity index (χ0v) is 26.9. The fourth-order valence-electron chi connectivity index (χ4n) is 7.47. The number of amides is 3. The van der Waals surface area contributed by atoms with E-state index in [4.69, 9.17) is 11.6 Å². The van der Waals surface area contributed by atoms with Gasteiger partial charge in [0.05, 0.1) is 27.3 Å². The molecular formula is C35H42ClN3O4S. The Morgan fingerprint density at radius 2 is 1.73 bits per heavy atom. The van der Waals surface area contributed by atoms with Gasteiger partial charge in [-0.25, -0.2) is 0 Å². The maximum absolute atomic E-state index is 14.9. The highest BCUT2D eigenvalue weighted by atomic mass is 35.5. The van der Waals surface area contributed by atoms with E-state index in [0.29, 0.717) is 43.1 Å². The van der Waals surface area contributed by atoms with Crippen LogP contribution < -0.4 is 9.80 Å². The summed E-state index contributed by atoms with van der Waals surface area (Å²) in [6, 6.07) is 14.3. The van der Waals surface area contributed by atoms with Gasteiger partial charge in [0.25, 0.3) is 5.91 Å². The Hall–Kier alpha value is -3.07. The normalized spacial score (nSPS) is 25.2. The standard InChI is InChI=1S/C35H42ClN3O4S/c1-4-20-37(25-15-9-8-10-16-25)32(41)28-27-18-19-35(44-27)29(28)33(42)39(22-11-6-7-12-23-40)31(35)34(43)38(21-5-2)30-24(3)14-13-17-26(30)36/h4-5,8-10,13-17,27-29,31,40H,1-2,6-7,11-12,18-23H2,3H3/t27-,28+,29+,31?,35?/m1/s1. The number of rotatable bonds is 14. The van der Waals surface area contributed by atoms with Gasteiger partial charge in [0, 0.05) is 37.2 Å². The van der Waals surface area contributed by atoms with Crippen LogP contribution in [0, 0.1) is 18.8 Å². The predicted molar refractivity (Wildman–Crippen MR) is 179 cm³/mol. The number of unbranched alkanes of at least 4 members (excludes halogenated alkanes) is 3. The van der Waals surface area contributed by atoms with Crippen molar-refractivity contribution in [1.29, 1.82) is 0 Å². The number of benzene rings is 2. The van der Waals surface area contributed by atoms with E-state index in [0.717, 1.165) is 30.5 Å². The van der Waals surface area contributed by atoms with Gasteiger partial charge >= 0.3 is 0 Å². The molecule has 0 saturated carbocycles. The van der Waals surface area contributed by atoms with Crippen LogP contribution >= 0.6 is 23.4 Å². The van der Waals surface area contributed by atoms with Crippen molar-refractivity contribution < 1.29 is 19.5 Å².